The van der Waals surface area contributed by atoms with Gasteiger partial charge in [-0.15, -0.1) is 0 Å². The van der Waals surface area contributed by atoms with Gasteiger partial charge in [0.1, 0.15) is 5.82 Å². The number of carbonyl (C=O) groups excluding carboxylic acids is 2. The lowest BCUT2D eigenvalue weighted by Crippen LogP contribution is -2.37. The molecule has 1 aromatic carbocycles. The molecular weight excluding hydrogens is 402 g/mol. The third-order valence-electron chi connectivity index (χ3n) is 5.84. The van der Waals surface area contributed by atoms with Crippen LogP contribution in [0.15, 0.2) is 48.7 Å². The van der Waals surface area contributed by atoms with Crippen LogP contribution in [0.25, 0.3) is 0 Å². The van der Waals surface area contributed by atoms with Crippen LogP contribution in [0, 0.1) is 11.8 Å². The van der Waals surface area contributed by atoms with Crippen LogP contribution >= 0.6 is 11.6 Å². The zero-order valence-electron chi connectivity index (χ0n) is 16.9. The number of benzene rings is 1. The van der Waals surface area contributed by atoms with Crippen molar-refractivity contribution in [2.45, 2.75) is 25.8 Å². The highest BCUT2D eigenvalue weighted by molar-refractivity contribution is 6.30. The number of nitrogens with zero attached hydrogens (tertiary/aromatic N) is 3. The van der Waals surface area contributed by atoms with Gasteiger partial charge in [0.15, 0.2) is 0 Å². The van der Waals surface area contributed by atoms with Gasteiger partial charge in [0.2, 0.25) is 5.91 Å². The van der Waals surface area contributed by atoms with Crippen molar-refractivity contribution in [3.63, 3.8) is 0 Å². The maximum atomic E-state index is 12.5. The number of likely N-dealkylation sites (tertiary alicyclic amines) is 1. The van der Waals surface area contributed by atoms with Crippen LogP contribution < -0.4 is 4.90 Å². The van der Waals surface area contributed by atoms with Gasteiger partial charge < -0.3 is 14.5 Å². The molecule has 4 rings (SSSR count). The quantitative estimate of drug-likeness (QED) is 0.660. The minimum Gasteiger partial charge on any atom is -0.465 e. The number of aromatic nitrogens is 1. The number of esters is 1. The van der Waals surface area contributed by atoms with E-state index >= 15 is 0 Å². The lowest BCUT2D eigenvalue weighted by molar-refractivity contribution is -0.150. The van der Waals surface area contributed by atoms with Gasteiger partial charge in [-0.1, -0.05) is 41.9 Å². The Morgan fingerprint density at radius 1 is 1.13 bits per heavy atom. The molecule has 0 bridgehead atoms. The molecule has 1 aromatic heterocycles. The van der Waals surface area contributed by atoms with Gasteiger partial charge in [-0.05, 0) is 30.5 Å². The van der Waals surface area contributed by atoms with Crippen LogP contribution in [-0.2, 0) is 20.9 Å². The van der Waals surface area contributed by atoms with Gasteiger partial charge in [0, 0.05) is 44.7 Å². The first-order valence-electron chi connectivity index (χ1n) is 10.4. The molecule has 2 aliphatic rings. The topological polar surface area (TPSA) is 62.7 Å². The van der Waals surface area contributed by atoms with Gasteiger partial charge in [-0.2, -0.15) is 0 Å². The Balaban J connectivity index is 1.21. The highest BCUT2D eigenvalue weighted by Gasteiger charge is 2.32. The van der Waals surface area contributed by atoms with E-state index in [2.05, 4.69) is 9.88 Å². The summed E-state index contributed by atoms with van der Waals surface area (Å²) in [7, 11) is 0. The molecule has 2 aliphatic heterocycles. The van der Waals surface area contributed by atoms with Gasteiger partial charge in [0.05, 0.1) is 17.5 Å². The van der Waals surface area contributed by atoms with Crippen molar-refractivity contribution in [2.75, 3.05) is 31.1 Å². The summed E-state index contributed by atoms with van der Waals surface area (Å²) in [5, 5.41) is 0.616. The zero-order valence-corrected chi connectivity index (χ0v) is 17.6. The number of halogens is 1. The summed E-state index contributed by atoms with van der Waals surface area (Å²) in [6.07, 6.45) is 3.57. The summed E-state index contributed by atoms with van der Waals surface area (Å²) in [4.78, 5) is 33.2. The minimum absolute atomic E-state index is 0.0727. The predicted molar refractivity (Wildman–Crippen MR) is 115 cm³/mol. The average Bonchev–Trinajstić information content (AvgIpc) is 3.12. The number of pyridine rings is 1. The van der Waals surface area contributed by atoms with Gasteiger partial charge in [0.25, 0.3) is 0 Å². The van der Waals surface area contributed by atoms with Crippen LogP contribution in [0.4, 0.5) is 5.82 Å². The van der Waals surface area contributed by atoms with Crippen molar-refractivity contribution < 1.29 is 14.3 Å². The number of piperidine rings is 1. The standard InChI is InChI=1S/C23H26ClN3O3/c24-20-6-7-21(25-13-20)26-10-8-19(9-11-26)23(29)30-16-18-12-22(28)27(15-18)14-17-4-2-1-3-5-17/h1-7,13,18-19H,8-12,14-16H2/t18-/m1/s1. The van der Waals surface area contributed by atoms with Crippen LogP contribution in [0.2, 0.25) is 5.02 Å². The Morgan fingerprint density at radius 3 is 2.60 bits per heavy atom. The highest BCUT2D eigenvalue weighted by Crippen LogP contribution is 2.25. The molecule has 1 amide bonds. The fourth-order valence-corrected chi connectivity index (χ4v) is 4.25. The monoisotopic (exact) mass is 427 g/mol. The van der Waals surface area contributed by atoms with Crippen LogP contribution in [0.5, 0.6) is 0 Å². The van der Waals surface area contributed by atoms with E-state index in [1.54, 1.807) is 6.20 Å². The number of anilines is 1. The average molecular weight is 428 g/mol. The fourth-order valence-electron chi connectivity index (χ4n) is 4.14. The van der Waals surface area contributed by atoms with Crippen LogP contribution in [-0.4, -0.2) is 48.0 Å². The van der Waals surface area contributed by atoms with E-state index < -0.39 is 0 Å². The number of amides is 1. The Bertz CT molecular complexity index is 867. The van der Waals surface area contributed by atoms with E-state index in [-0.39, 0.29) is 23.7 Å². The smallest absolute Gasteiger partial charge is 0.309 e. The Hall–Kier alpha value is -2.60. The normalized spacial score (nSPS) is 19.9. The summed E-state index contributed by atoms with van der Waals surface area (Å²) in [5.74, 6) is 0.847. The molecular formula is C23H26ClN3O3. The number of ether oxygens (including phenoxy) is 1. The van der Waals surface area contributed by atoms with E-state index in [0.717, 1.165) is 37.3 Å². The highest BCUT2D eigenvalue weighted by atomic mass is 35.5. The third-order valence-corrected chi connectivity index (χ3v) is 6.06. The van der Waals surface area contributed by atoms with E-state index in [0.29, 0.717) is 31.1 Å². The lowest BCUT2D eigenvalue weighted by Gasteiger charge is -2.31. The largest absolute Gasteiger partial charge is 0.465 e. The van der Waals surface area contributed by atoms with E-state index in [4.69, 9.17) is 16.3 Å². The SMILES string of the molecule is O=C(OC[C@@H]1CC(=O)N(Cc2ccccc2)C1)C1CCN(c2ccc(Cl)cn2)CC1. The summed E-state index contributed by atoms with van der Waals surface area (Å²) in [6.45, 7) is 3.10. The zero-order chi connectivity index (χ0) is 20.9. The second-order valence-corrected chi connectivity index (χ2v) is 8.49. The second kappa shape index (κ2) is 9.47. The predicted octanol–water partition coefficient (Wildman–Crippen LogP) is 3.54. The molecule has 6 nitrogen and oxygen atoms in total. The molecule has 0 N–H and O–H groups in total. The Kier molecular flexibility index (Phi) is 6.53. The van der Waals surface area contributed by atoms with E-state index in [9.17, 15) is 9.59 Å². The molecule has 7 heteroatoms. The van der Waals surface area contributed by atoms with Crippen LogP contribution in [0.1, 0.15) is 24.8 Å². The first kappa shape index (κ1) is 20.7. The molecule has 1 atom stereocenters. The summed E-state index contributed by atoms with van der Waals surface area (Å²) >= 11 is 5.90. The van der Waals surface area contributed by atoms with E-state index in [1.807, 2.05) is 47.4 Å². The number of hydrogen-bond donors (Lipinski definition) is 0. The molecule has 0 spiro atoms. The number of carbonyl (C=O) groups is 2. The molecule has 0 radical (unpaired) electrons. The molecule has 158 valence electrons. The first-order chi connectivity index (χ1) is 14.6. The van der Waals surface area contributed by atoms with Crippen molar-refractivity contribution >= 4 is 29.3 Å². The molecule has 0 unspecified atom stereocenters. The number of hydrogen-bond acceptors (Lipinski definition) is 5. The maximum absolute atomic E-state index is 12.5. The Morgan fingerprint density at radius 2 is 1.90 bits per heavy atom. The number of rotatable bonds is 6. The van der Waals surface area contributed by atoms with Crippen molar-refractivity contribution in [3.05, 3.63) is 59.2 Å². The molecule has 0 aliphatic carbocycles. The molecule has 3 heterocycles. The lowest BCUT2D eigenvalue weighted by atomic mass is 9.97. The minimum atomic E-state index is -0.146. The molecule has 2 aromatic rings. The van der Waals surface area contributed by atoms with Gasteiger partial charge >= 0.3 is 5.97 Å². The molecule has 2 saturated heterocycles. The van der Waals surface area contributed by atoms with Gasteiger partial charge in [-0.3, -0.25) is 9.59 Å². The molecule has 30 heavy (non-hydrogen) atoms. The Labute approximate surface area is 181 Å². The third kappa shape index (κ3) is 5.11. The van der Waals surface area contributed by atoms with E-state index in [1.165, 1.54) is 0 Å². The fraction of sp³-hybridized carbons (Fsp3) is 0.435. The molecule has 0 saturated carbocycles. The second-order valence-electron chi connectivity index (χ2n) is 8.06. The van der Waals surface area contributed by atoms with Crippen LogP contribution in [0.3, 0.4) is 0 Å². The first-order valence-corrected chi connectivity index (χ1v) is 10.8. The van der Waals surface area contributed by atoms with Crippen molar-refractivity contribution in [1.82, 2.24) is 9.88 Å². The summed E-state index contributed by atoms with van der Waals surface area (Å²) in [6, 6.07) is 13.7. The summed E-state index contributed by atoms with van der Waals surface area (Å²) < 4.78 is 5.60. The van der Waals surface area contributed by atoms with Crippen molar-refractivity contribution in [3.8, 4) is 0 Å². The van der Waals surface area contributed by atoms with Crippen molar-refractivity contribution in [2.24, 2.45) is 11.8 Å². The van der Waals surface area contributed by atoms with Gasteiger partial charge in [-0.25, -0.2) is 4.98 Å². The van der Waals surface area contributed by atoms with Crippen molar-refractivity contribution in [1.29, 1.82) is 0 Å². The molecule has 2 fully saturated rings. The maximum Gasteiger partial charge on any atom is 0.309 e. The summed E-state index contributed by atoms with van der Waals surface area (Å²) in [5.41, 5.74) is 1.12.